The van der Waals surface area contributed by atoms with Crippen molar-refractivity contribution < 1.29 is 27.1 Å². The summed E-state index contributed by atoms with van der Waals surface area (Å²) >= 11 is 1.45. The van der Waals surface area contributed by atoms with Crippen molar-refractivity contribution in [3.8, 4) is 11.8 Å². The van der Waals surface area contributed by atoms with Crippen LogP contribution in [0.15, 0.2) is 66.0 Å². The van der Waals surface area contributed by atoms with Crippen LogP contribution >= 0.6 is 11.3 Å². The van der Waals surface area contributed by atoms with Gasteiger partial charge in [-0.15, -0.1) is 11.3 Å². The molecule has 2 fully saturated rings. The van der Waals surface area contributed by atoms with Gasteiger partial charge in [0.15, 0.2) is 5.82 Å². The average molecular weight is 648 g/mol. The van der Waals surface area contributed by atoms with E-state index in [2.05, 4.69) is 37.5 Å². The van der Waals surface area contributed by atoms with Crippen molar-refractivity contribution >= 4 is 60.1 Å². The van der Waals surface area contributed by atoms with Crippen LogP contribution in [0, 0.1) is 17.7 Å². The van der Waals surface area contributed by atoms with E-state index in [-0.39, 0.29) is 23.1 Å². The second kappa shape index (κ2) is 12.1. The third-order valence-corrected chi connectivity index (χ3v) is 10.1. The molecule has 15 heteroatoms. The summed E-state index contributed by atoms with van der Waals surface area (Å²) in [7, 11) is -4.09. The highest BCUT2D eigenvalue weighted by Gasteiger charge is 2.28. The smallest absolute Gasteiger partial charge is 0.410 e. The van der Waals surface area contributed by atoms with E-state index < -0.39 is 15.8 Å². The van der Waals surface area contributed by atoms with Crippen molar-refractivity contribution in [3.05, 3.63) is 71.7 Å². The fourth-order valence-electron chi connectivity index (χ4n) is 5.17. The normalized spacial score (nSPS) is 18.6. The highest BCUT2D eigenvalue weighted by Crippen LogP contribution is 2.32. The fourth-order valence-corrected chi connectivity index (χ4v) is 7.40. The molecule has 5 aromatic rings. The Morgan fingerprint density at radius 2 is 2.02 bits per heavy atom. The number of nitrogens with zero attached hydrogens (tertiary/aromatic N) is 5. The molecule has 2 N–H and O–H groups in total. The van der Waals surface area contributed by atoms with Crippen molar-refractivity contribution in [2.24, 2.45) is 0 Å². The number of ether oxygens (including phenoxy) is 2. The van der Waals surface area contributed by atoms with Crippen molar-refractivity contribution in [1.29, 1.82) is 0 Å². The number of hydrogen-bond acceptors (Lipinski definition) is 11. The Bertz CT molecular complexity index is 2080. The number of aromatic nitrogens is 4. The van der Waals surface area contributed by atoms with Crippen molar-refractivity contribution in [1.82, 2.24) is 29.4 Å². The van der Waals surface area contributed by atoms with E-state index in [0.717, 1.165) is 25.2 Å². The highest BCUT2D eigenvalue weighted by atomic mass is 32.2. The second-order valence-corrected chi connectivity index (χ2v) is 13.3. The van der Waals surface area contributed by atoms with Crippen molar-refractivity contribution in [2.75, 3.05) is 38.2 Å². The molecular weight excluding hydrogens is 622 g/mol. The lowest BCUT2D eigenvalue weighted by Crippen LogP contribution is -2.42. The van der Waals surface area contributed by atoms with Crippen LogP contribution in [0.1, 0.15) is 11.3 Å². The minimum Gasteiger partial charge on any atom is -0.445 e. The quantitative estimate of drug-likeness (QED) is 0.271. The number of hydrogen-bond donors (Lipinski definition) is 2. The fraction of sp³-hybridized carbons (Fsp3) is 0.267. The maximum atomic E-state index is 13.7. The van der Waals surface area contributed by atoms with Gasteiger partial charge in [-0.05, 0) is 42.5 Å². The predicted molar refractivity (Wildman–Crippen MR) is 165 cm³/mol. The van der Waals surface area contributed by atoms with E-state index in [4.69, 9.17) is 9.47 Å². The lowest BCUT2D eigenvalue weighted by molar-refractivity contribution is 0.0156. The number of nitrogens with one attached hydrogen (secondary N) is 2. The SMILES string of the molecule is O=C(O[C@H]1CN[C@H](C#Cc2cc3ncnc(Nc4ccc5c(cnn5S(=O)(=O)c5cccc(F)c5)c4)c3s2)C1)N1CCOCC1. The molecule has 2 aliphatic rings. The lowest BCUT2D eigenvalue weighted by atomic mass is 10.2. The summed E-state index contributed by atoms with van der Waals surface area (Å²) in [5.74, 6) is 6.38. The highest BCUT2D eigenvalue weighted by molar-refractivity contribution is 7.90. The summed E-state index contributed by atoms with van der Waals surface area (Å²) in [5.41, 5.74) is 1.75. The van der Waals surface area contributed by atoms with Crippen LogP contribution in [0.3, 0.4) is 0 Å². The Kier molecular flexibility index (Phi) is 7.80. The van der Waals surface area contributed by atoms with Gasteiger partial charge in [-0.2, -0.15) is 17.6 Å². The standard InChI is InChI=1S/C30H26FN7O5S2/c31-20-2-1-3-25(13-20)45(40,41)38-27-7-5-22(12-19(27)16-35-38)36-29-28-26(33-18-34-29)15-24(44-28)6-4-21-14-23(17-32-21)43-30(39)37-8-10-42-11-9-37/h1-3,5,7,12-13,15-16,18,21,23,32H,8-11,14,17H2,(H,33,34,36)/t21-,23-/m1/s1. The number of carbonyl (C=O) groups excluding carboxylic acids is 1. The molecule has 5 heterocycles. The Morgan fingerprint density at radius 1 is 1.16 bits per heavy atom. The maximum Gasteiger partial charge on any atom is 0.410 e. The monoisotopic (exact) mass is 647 g/mol. The molecule has 0 spiro atoms. The van der Waals surface area contributed by atoms with Crippen LogP contribution in [0.5, 0.6) is 0 Å². The van der Waals surface area contributed by atoms with E-state index in [1.807, 2.05) is 6.07 Å². The molecule has 0 aliphatic carbocycles. The molecule has 2 atom stereocenters. The van der Waals surface area contributed by atoms with Crippen LogP contribution in [0.2, 0.25) is 0 Å². The Morgan fingerprint density at radius 3 is 2.87 bits per heavy atom. The third-order valence-electron chi connectivity index (χ3n) is 7.43. The summed E-state index contributed by atoms with van der Waals surface area (Å²) in [6, 6.07) is 11.7. The first-order chi connectivity index (χ1) is 21.8. The third kappa shape index (κ3) is 6.05. The molecule has 0 saturated carbocycles. The Hall–Kier alpha value is -4.62. The van der Waals surface area contributed by atoms with E-state index in [1.54, 1.807) is 23.1 Å². The number of fused-ring (bicyclic) bond motifs is 2. The summed E-state index contributed by atoms with van der Waals surface area (Å²) in [5, 5.41) is 11.2. The first-order valence-electron chi connectivity index (χ1n) is 14.1. The van der Waals surface area contributed by atoms with E-state index in [9.17, 15) is 17.6 Å². The zero-order chi connectivity index (χ0) is 31.0. The van der Waals surface area contributed by atoms with Gasteiger partial charge in [0.1, 0.15) is 18.2 Å². The number of benzene rings is 2. The van der Waals surface area contributed by atoms with E-state index in [0.29, 0.717) is 61.7 Å². The summed E-state index contributed by atoms with van der Waals surface area (Å²) < 4.78 is 52.6. The van der Waals surface area contributed by atoms with Gasteiger partial charge < -0.3 is 19.7 Å². The van der Waals surface area contributed by atoms with Gasteiger partial charge in [-0.3, -0.25) is 5.32 Å². The van der Waals surface area contributed by atoms with Crippen molar-refractivity contribution in [2.45, 2.75) is 23.5 Å². The predicted octanol–water partition coefficient (Wildman–Crippen LogP) is 3.71. The molecule has 45 heavy (non-hydrogen) atoms. The number of morpholine rings is 1. The molecule has 2 aliphatic heterocycles. The topological polar surface area (TPSA) is 141 Å². The summed E-state index contributed by atoms with van der Waals surface area (Å²) in [6.07, 6.45) is 2.95. The first-order valence-corrected chi connectivity index (χ1v) is 16.4. The number of halogens is 1. The molecule has 3 aromatic heterocycles. The van der Waals surface area contributed by atoms with Gasteiger partial charge in [0.25, 0.3) is 10.0 Å². The van der Waals surface area contributed by atoms with Crippen LogP contribution in [-0.2, 0) is 19.5 Å². The molecule has 230 valence electrons. The van der Waals surface area contributed by atoms with Gasteiger partial charge in [0.2, 0.25) is 0 Å². The van der Waals surface area contributed by atoms with Gasteiger partial charge in [-0.25, -0.2) is 19.2 Å². The summed E-state index contributed by atoms with van der Waals surface area (Å²) in [6.45, 7) is 2.66. The number of amides is 1. The summed E-state index contributed by atoms with van der Waals surface area (Å²) in [4.78, 5) is 23.5. The molecule has 1 amide bonds. The van der Waals surface area contributed by atoms with E-state index in [1.165, 1.54) is 42.1 Å². The van der Waals surface area contributed by atoms with Crippen LogP contribution in [-0.4, -0.2) is 83.6 Å². The Labute approximate surface area is 261 Å². The number of anilines is 2. The van der Waals surface area contributed by atoms with Crippen LogP contribution in [0.25, 0.3) is 21.1 Å². The lowest BCUT2D eigenvalue weighted by Gasteiger charge is -2.27. The first kappa shape index (κ1) is 29.1. The molecule has 0 radical (unpaired) electrons. The molecule has 0 bridgehead atoms. The average Bonchev–Trinajstić information content (AvgIpc) is 3.79. The maximum absolute atomic E-state index is 13.7. The van der Waals surface area contributed by atoms with Gasteiger partial charge in [0.05, 0.1) is 51.0 Å². The molecule has 0 unspecified atom stereocenters. The molecule has 12 nitrogen and oxygen atoms in total. The molecular formula is C30H26FN7O5S2. The number of rotatable bonds is 5. The number of thiophene rings is 1. The zero-order valence-corrected chi connectivity index (χ0v) is 25.3. The largest absolute Gasteiger partial charge is 0.445 e. The molecule has 2 aromatic carbocycles. The minimum absolute atomic E-state index is 0.112. The molecule has 2 saturated heterocycles. The minimum atomic E-state index is -4.09. The van der Waals surface area contributed by atoms with Gasteiger partial charge in [0, 0.05) is 37.1 Å². The number of carbonyl (C=O) groups is 1. The van der Waals surface area contributed by atoms with Gasteiger partial charge in [-0.1, -0.05) is 17.9 Å². The van der Waals surface area contributed by atoms with Crippen LogP contribution < -0.4 is 10.6 Å². The van der Waals surface area contributed by atoms with Crippen molar-refractivity contribution in [3.63, 3.8) is 0 Å². The van der Waals surface area contributed by atoms with Gasteiger partial charge >= 0.3 is 6.09 Å². The Balaban J connectivity index is 1.05. The zero-order valence-electron chi connectivity index (χ0n) is 23.6. The van der Waals surface area contributed by atoms with E-state index >= 15 is 0 Å². The molecule has 7 rings (SSSR count). The second-order valence-electron chi connectivity index (χ2n) is 10.5. The van der Waals surface area contributed by atoms with Crippen LogP contribution in [0.4, 0.5) is 20.7 Å².